The van der Waals surface area contributed by atoms with Gasteiger partial charge < -0.3 is 20.1 Å². The van der Waals surface area contributed by atoms with E-state index in [4.69, 9.17) is 4.74 Å². The first-order valence-corrected chi connectivity index (χ1v) is 9.88. The van der Waals surface area contributed by atoms with Crippen molar-refractivity contribution in [3.8, 4) is 5.75 Å². The van der Waals surface area contributed by atoms with Gasteiger partial charge in [0.1, 0.15) is 17.2 Å². The van der Waals surface area contributed by atoms with E-state index in [1.807, 2.05) is 6.92 Å². The van der Waals surface area contributed by atoms with E-state index in [-0.39, 0.29) is 24.8 Å². The van der Waals surface area contributed by atoms with Crippen molar-refractivity contribution in [2.24, 2.45) is 0 Å². The third-order valence-corrected chi connectivity index (χ3v) is 5.56. The zero-order valence-electron chi connectivity index (χ0n) is 17.9. The lowest BCUT2D eigenvalue weighted by Crippen LogP contribution is -2.43. The van der Waals surface area contributed by atoms with Crippen LogP contribution in [0.15, 0.2) is 23.0 Å². The first kappa shape index (κ1) is 22.4. The van der Waals surface area contributed by atoms with Gasteiger partial charge in [-0.15, -0.1) is 0 Å². The summed E-state index contributed by atoms with van der Waals surface area (Å²) in [5.74, 6) is -2.09. The molecule has 2 heterocycles. The van der Waals surface area contributed by atoms with Crippen LogP contribution in [0.2, 0.25) is 0 Å². The number of hydrogen-bond donors (Lipinski definition) is 2. The van der Waals surface area contributed by atoms with Crippen molar-refractivity contribution >= 4 is 17.5 Å². The van der Waals surface area contributed by atoms with Gasteiger partial charge in [-0.05, 0) is 31.0 Å². The Morgan fingerprint density at radius 2 is 2.13 bits per heavy atom. The summed E-state index contributed by atoms with van der Waals surface area (Å²) >= 11 is 0. The van der Waals surface area contributed by atoms with Crippen LogP contribution in [0.3, 0.4) is 0 Å². The Morgan fingerprint density at radius 1 is 1.42 bits per heavy atom. The van der Waals surface area contributed by atoms with E-state index in [0.29, 0.717) is 24.3 Å². The van der Waals surface area contributed by atoms with Gasteiger partial charge in [0.05, 0.1) is 18.8 Å². The molecule has 0 saturated heterocycles. The first-order valence-electron chi connectivity index (χ1n) is 9.88. The van der Waals surface area contributed by atoms with E-state index in [0.717, 1.165) is 0 Å². The average molecular weight is 432 g/mol. The molecule has 1 aromatic heterocycles. The van der Waals surface area contributed by atoms with Gasteiger partial charge in [0.25, 0.3) is 11.5 Å². The molecular weight excluding hydrogens is 407 g/mol. The molecule has 166 valence electrons. The van der Waals surface area contributed by atoms with E-state index in [1.165, 1.54) is 41.6 Å². The van der Waals surface area contributed by atoms with Crippen molar-refractivity contribution < 1.29 is 23.8 Å². The predicted molar refractivity (Wildman–Crippen MR) is 110 cm³/mol. The van der Waals surface area contributed by atoms with Crippen LogP contribution in [0.5, 0.6) is 5.75 Å². The third kappa shape index (κ3) is 4.15. The summed E-state index contributed by atoms with van der Waals surface area (Å²) in [7, 11) is 1.49. The molecule has 0 aliphatic carbocycles. The zero-order valence-corrected chi connectivity index (χ0v) is 17.9. The smallest absolute Gasteiger partial charge is 0.296 e. The lowest BCUT2D eigenvalue weighted by atomic mass is 10.00. The van der Waals surface area contributed by atoms with Gasteiger partial charge in [-0.3, -0.25) is 19.0 Å². The van der Waals surface area contributed by atoms with Crippen molar-refractivity contribution in [3.63, 3.8) is 0 Å². The second-order valence-corrected chi connectivity index (χ2v) is 7.56. The number of nitrogens with one attached hydrogen (secondary N) is 1. The Labute approximate surface area is 178 Å². The summed E-state index contributed by atoms with van der Waals surface area (Å²) in [6, 6.07) is 3.85. The highest BCUT2D eigenvalue weighted by atomic mass is 19.1. The van der Waals surface area contributed by atoms with E-state index in [2.05, 4.69) is 10.3 Å². The summed E-state index contributed by atoms with van der Waals surface area (Å²) in [4.78, 5) is 42.6. The number of halogens is 1. The maximum absolute atomic E-state index is 13.7. The Hall–Kier alpha value is -3.27. The van der Waals surface area contributed by atoms with Gasteiger partial charge in [-0.2, -0.15) is 0 Å². The second kappa shape index (κ2) is 8.46. The van der Waals surface area contributed by atoms with Crippen LogP contribution in [-0.4, -0.2) is 40.1 Å². The Bertz CT molecular complexity index is 1100. The number of benzene rings is 1. The molecule has 0 saturated carbocycles. The van der Waals surface area contributed by atoms with Gasteiger partial charge in [0.2, 0.25) is 11.7 Å². The average Bonchev–Trinajstić information content (AvgIpc) is 2.74. The van der Waals surface area contributed by atoms with Crippen LogP contribution in [0.4, 0.5) is 10.1 Å². The summed E-state index contributed by atoms with van der Waals surface area (Å²) < 4.78 is 20.8. The molecule has 9 nitrogen and oxygen atoms in total. The lowest BCUT2D eigenvalue weighted by Gasteiger charge is -2.34. The number of carbonyl (C=O) groups excluding carboxylic acids is 2. The minimum Gasteiger partial charge on any atom is -0.501 e. The summed E-state index contributed by atoms with van der Waals surface area (Å²) in [5, 5.41) is 12.9. The van der Waals surface area contributed by atoms with Crippen molar-refractivity contribution in [2.45, 2.75) is 45.9 Å². The van der Waals surface area contributed by atoms with Gasteiger partial charge in [-0.25, -0.2) is 9.37 Å². The van der Waals surface area contributed by atoms with Gasteiger partial charge >= 0.3 is 0 Å². The molecule has 2 N–H and O–H groups in total. The monoisotopic (exact) mass is 432 g/mol. The van der Waals surface area contributed by atoms with Crippen LogP contribution in [0, 0.1) is 5.82 Å². The van der Waals surface area contributed by atoms with Gasteiger partial charge in [-0.1, -0.05) is 13.0 Å². The van der Waals surface area contributed by atoms with E-state index in [9.17, 15) is 23.9 Å². The number of amides is 2. The summed E-state index contributed by atoms with van der Waals surface area (Å²) in [5.41, 5.74) is -1.22. The number of nitrogens with zero attached hydrogens (tertiary/aromatic N) is 3. The minimum atomic E-state index is -0.867. The Morgan fingerprint density at radius 3 is 2.77 bits per heavy atom. The number of fused-ring (bicyclic) bond motifs is 1. The molecule has 10 heteroatoms. The van der Waals surface area contributed by atoms with Gasteiger partial charge in [0.15, 0.2) is 5.69 Å². The fraction of sp³-hybridized carbons (Fsp3) is 0.429. The number of hydrogen-bond acceptors (Lipinski definition) is 6. The molecule has 0 bridgehead atoms. The van der Waals surface area contributed by atoms with Crippen molar-refractivity contribution in [1.29, 1.82) is 0 Å². The molecular formula is C21H25FN4O5. The van der Waals surface area contributed by atoms with Crippen molar-refractivity contribution in [2.75, 3.05) is 18.6 Å². The molecule has 2 amide bonds. The Kier molecular flexibility index (Phi) is 6.12. The number of anilines is 1. The summed E-state index contributed by atoms with van der Waals surface area (Å²) in [6.07, 6.45) is 0.515. The highest BCUT2D eigenvalue weighted by Crippen LogP contribution is 2.31. The molecule has 1 unspecified atom stereocenters. The molecule has 1 aromatic carbocycles. The molecule has 0 spiro atoms. The highest BCUT2D eigenvalue weighted by Gasteiger charge is 2.36. The number of ether oxygens (including phenoxy) is 1. The van der Waals surface area contributed by atoms with Crippen LogP contribution < -0.4 is 15.8 Å². The first-order chi connectivity index (χ1) is 14.6. The van der Waals surface area contributed by atoms with E-state index >= 15 is 0 Å². The highest BCUT2D eigenvalue weighted by molar-refractivity contribution is 5.95. The van der Waals surface area contributed by atoms with Crippen molar-refractivity contribution in [1.82, 2.24) is 14.9 Å². The van der Waals surface area contributed by atoms with Crippen LogP contribution in [0.1, 0.15) is 49.1 Å². The van der Waals surface area contributed by atoms with E-state index in [1.54, 1.807) is 6.92 Å². The normalized spacial score (nSPS) is 17.7. The summed E-state index contributed by atoms with van der Waals surface area (Å²) in [6.45, 7) is 5.42. The molecule has 3 rings (SSSR count). The van der Waals surface area contributed by atoms with Gasteiger partial charge in [0, 0.05) is 20.5 Å². The van der Waals surface area contributed by atoms with E-state index < -0.39 is 34.3 Å². The fourth-order valence-corrected chi connectivity index (χ4v) is 3.43. The lowest BCUT2D eigenvalue weighted by molar-refractivity contribution is -0.116. The fourth-order valence-electron chi connectivity index (χ4n) is 3.43. The standard InChI is InChI=1S/C21H25FN4O5/c1-5-21(3)20-24-16(17(28)19(30)26(20)8-9-31-21)18(29)23-11-13-6-7-14(22)10-15(13)25(4)12(2)27/h6-7,10,28H,5,8-9,11H2,1-4H3,(H,23,29). The van der Waals surface area contributed by atoms with Crippen LogP contribution in [-0.2, 0) is 28.2 Å². The zero-order chi connectivity index (χ0) is 22.9. The third-order valence-electron chi connectivity index (χ3n) is 5.56. The van der Waals surface area contributed by atoms with Crippen molar-refractivity contribution in [3.05, 3.63) is 51.5 Å². The second-order valence-electron chi connectivity index (χ2n) is 7.56. The largest absolute Gasteiger partial charge is 0.501 e. The van der Waals surface area contributed by atoms with Crippen LogP contribution in [0.25, 0.3) is 0 Å². The minimum absolute atomic E-state index is 0.0762. The molecule has 0 radical (unpaired) electrons. The van der Waals surface area contributed by atoms with Crippen LogP contribution >= 0.6 is 0 Å². The number of aromatic nitrogens is 2. The number of carbonyl (C=O) groups is 2. The maximum Gasteiger partial charge on any atom is 0.296 e. The molecule has 0 fully saturated rings. The maximum atomic E-state index is 13.7. The predicted octanol–water partition coefficient (Wildman–Crippen LogP) is 1.66. The quantitative estimate of drug-likeness (QED) is 0.743. The topological polar surface area (TPSA) is 114 Å². The number of rotatable bonds is 5. The SMILES string of the molecule is CCC1(C)OCCn2c1nc(C(=O)NCc1ccc(F)cc1N(C)C(C)=O)c(O)c2=O. The molecule has 31 heavy (non-hydrogen) atoms. The Balaban J connectivity index is 1.93. The molecule has 1 atom stereocenters. The number of aromatic hydroxyl groups is 1. The molecule has 2 aromatic rings. The molecule has 1 aliphatic heterocycles. The molecule has 1 aliphatic rings.